The SMILES string of the molecule is COc1nc(N[C@H]2CC[C@]3(O)CC3C2)nc2[nH]cc(-c3ccc4nncn4c3)c12. The van der Waals surface area contributed by atoms with E-state index in [1.165, 1.54) is 0 Å². The highest BCUT2D eigenvalue weighted by Gasteiger charge is 2.55. The minimum atomic E-state index is -0.402. The number of pyridine rings is 1. The zero-order valence-electron chi connectivity index (χ0n) is 16.0. The number of nitrogens with one attached hydrogen (secondary N) is 2. The molecule has 1 unspecified atom stereocenters. The molecule has 0 bridgehead atoms. The molecule has 4 aromatic rings. The second-order valence-corrected chi connectivity index (χ2v) is 8.12. The van der Waals surface area contributed by atoms with Crippen molar-refractivity contribution in [2.75, 3.05) is 12.4 Å². The maximum atomic E-state index is 10.2. The zero-order chi connectivity index (χ0) is 19.6. The van der Waals surface area contributed by atoms with Gasteiger partial charge in [0.2, 0.25) is 11.8 Å². The molecule has 148 valence electrons. The van der Waals surface area contributed by atoms with Gasteiger partial charge in [-0.05, 0) is 43.7 Å². The highest BCUT2D eigenvalue weighted by molar-refractivity contribution is 5.97. The first-order valence-electron chi connectivity index (χ1n) is 9.85. The van der Waals surface area contributed by atoms with Crippen molar-refractivity contribution >= 4 is 22.6 Å². The van der Waals surface area contributed by atoms with Gasteiger partial charge in [0.25, 0.3) is 0 Å². The Balaban J connectivity index is 1.36. The van der Waals surface area contributed by atoms with Crippen LogP contribution in [-0.4, -0.2) is 53.4 Å². The van der Waals surface area contributed by atoms with Gasteiger partial charge < -0.3 is 20.1 Å². The summed E-state index contributed by atoms with van der Waals surface area (Å²) in [5.41, 5.74) is 3.06. The maximum Gasteiger partial charge on any atom is 0.228 e. The summed E-state index contributed by atoms with van der Waals surface area (Å²) in [5, 5.41) is 22.5. The fourth-order valence-electron chi connectivity index (χ4n) is 4.60. The van der Waals surface area contributed by atoms with Gasteiger partial charge >= 0.3 is 0 Å². The van der Waals surface area contributed by atoms with Gasteiger partial charge in [0.1, 0.15) is 12.0 Å². The first-order valence-corrected chi connectivity index (χ1v) is 9.85. The summed E-state index contributed by atoms with van der Waals surface area (Å²) in [7, 11) is 1.62. The molecule has 3 atom stereocenters. The molecular weight excluding hydrogens is 370 g/mol. The van der Waals surface area contributed by atoms with Crippen LogP contribution >= 0.6 is 0 Å². The number of ether oxygens (including phenoxy) is 1. The van der Waals surface area contributed by atoms with Crippen molar-refractivity contribution in [1.29, 1.82) is 0 Å². The lowest BCUT2D eigenvalue weighted by Gasteiger charge is -2.25. The molecule has 4 heterocycles. The number of fused-ring (bicyclic) bond motifs is 3. The van der Waals surface area contributed by atoms with Crippen LogP contribution in [0.5, 0.6) is 5.88 Å². The van der Waals surface area contributed by atoms with Crippen molar-refractivity contribution < 1.29 is 9.84 Å². The Morgan fingerprint density at radius 1 is 1.34 bits per heavy atom. The molecule has 3 N–H and O–H groups in total. The van der Waals surface area contributed by atoms with Crippen molar-refractivity contribution in [3.8, 4) is 17.0 Å². The van der Waals surface area contributed by atoms with E-state index in [4.69, 9.17) is 4.74 Å². The highest BCUT2D eigenvalue weighted by atomic mass is 16.5. The zero-order valence-corrected chi connectivity index (χ0v) is 16.0. The van der Waals surface area contributed by atoms with Gasteiger partial charge in [0.15, 0.2) is 5.65 Å². The Morgan fingerprint density at radius 2 is 2.28 bits per heavy atom. The second kappa shape index (κ2) is 5.90. The molecule has 0 saturated heterocycles. The smallest absolute Gasteiger partial charge is 0.228 e. The minimum Gasteiger partial charge on any atom is -0.480 e. The van der Waals surface area contributed by atoms with Crippen molar-refractivity contribution in [3.63, 3.8) is 0 Å². The van der Waals surface area contributed by atoms with Crippen LogP contribution in [0.1, 0.15) is 25.7 Å². The molecule has 2 saturated carbocycles. The lowest BCUT2D eigenvalue weighted by molar-refractivity contribution is 0.0981. The maximum absolute atomic E-state index is 10.2. The van der Waals surface area contributed by atoms with E-state index in [0.717, 1.165) is 53.5 Å². The molecule has 0 radical (unpaired) electrons. The first kappa shape index (κ1) is 16.7. The Morgan fingerprint density at radius 3 is 3.14 bits per heavy atom. The van der Waals surface area contributed by atoms with Gasteiger partial charge in [-0.2, -0.15) is 9.97 Å². The minimum absolute atomic E-state index is 0.274. The van der Waals surface area contributed by atoms with Gasteiger partial charge in [0.05, 0.1) is 18.1 Å². The molecule has 0 amide bonds. The largest absolute Gasteiger partial charge is 0.480 e. The number of hydrogen-bond donors (Lipinski definition) is 3. The van der Waals surface area contributed by atoms with Gasteiger partial charge in [-0.3, -0.25) is 4.40 Å². The number of methoxy groups -OCH3 is 1. The molecule has 2 aliphatic rings. The fraction of sp³-hybridized carbons (Fsp3) is 0.400. The molecule has 0 spiro atoms. The summed E-state index contributed by atoms with van der Waals surface area (Å²) in [6.45, 7) is 0. The van der Waals surface area contributed by atoms with Crippen molar-refractivity contribution in [2.45, 2.75) is 37.3 Å². The number of aromatic nitrogens is 6. The molecule has 9 heteroatoms. The summed E-state index contributed by atoms with van der Waals surface area (Å²) < 4.78 is 7.49. The Hall–Kier alpha value is -3.20. The van der Waals surface area contributed by atoms with Crippen LogP contribution in [0.3, 0.4) is 0 Å². The summed E-state index contributed by atoms with van der Waals surface area (Å²) >= 11 is 0. The summed E-state index contributed by atoms with van der Waals surface area (Å²) in [6.07, 6.45) is 9.21. The van der Waals surface area contributed by atoms with Gasteiger partial charge in [0, 0.05) is 29.6 Å². The van der Waals surface area contributed by atoms with E-state index >= 15 is 0 Å². The van der Waals surface area contributed by atoms with E-state index in [9.17, 15) is 5.11 Å². The van der Waals surface area contributed by atoms with E-state index in [1.54, 1.807) is 13.4 Å². The standard InChI is InChI=1S/C20H21N7O2/c1-29-18-16-14(11-2-3-15-26-22-10-27(15)9-11)8-21-17(16)24-19(25-18)23-13-4-5-20(28)7-12(20)6-13/h2-3,8-10,12-13,28H,4-7H2,1H3,(H2,21,23,24,25)/t12?,13-,20-/m0/s1. The molecule has 0 aromatic carbocycles. The van der Waals surface area contributed by atoms with Crippen LogP contribution in [-0.2, 0) is 0 Å². The number of hydrogen-bond acceptors (Lipinski definition) is 7. The van der Waals surface area contributed by atoms with E-state index < -0.39 is 5.60 Å². The molecule has 29 heavy (non-hydrogen) atoms. The van der Waals surface area contributed by atoms with Gasteiger partial charge in [-0.25, -0.2) is 0 Å². The lowest BCUT2D eigenvalue weighted by atomic mass is 9.93. The monoisotopic (exact) mass is 391 g/mol. The van der Waals surface area contributed by atoms with Crippen LogP contribution in [0.4, 0.5) is 5.95 Å². The number of nitrogens with zero attached hydrogens (tertiary/aromatic N) is 5. The van der Waals surface area contributed by atoms with E-state index in [-0.39, 0.29) is 6.04 Å². The quantitative estimate of drug-likeness (QED) is 0.489. The van der Waals surface area contributed by atoms with Gasteiger partial charge in [-0.1, -0.05) is 0 Å². The van der Waals surface area contributed by atoms with Crippen LogP contribution in [0, 0.1) is 5.92 Å². The predicted molar refractivity (Wildman–Crippen MR) is 107 cm³/mol. The third kappa shape index (κ3) is 2.65. The summed E-state index contributed by atoms with van der Waals surface area (Å²) in [5.74, 6) is 1.48. The molecule has 6 rings (SSSR count). The van der Waals surface area contributed by atoms with Crippen molar-refractivity contribution in [2.24, 2.45) is 5.92 Å². The molecule has 4 aromatic heterocycles. The van der Waals surface area contributed by atoms with Crippen molar-refractivity contribution in [3.05, 3.63) is 30.9 Å². The first-order chi connectivity index (χ1) is 14.1. The topological polar surface area (TPSA) is 113 Å². The fourth-order valence-corrected chi connectivity index (χ4v) is 4.60. The van der Waals surface area contributed by atoms with E-state index in [0.29, 0.717) is 17.7 Å². The number of aromatic amines is 1. The third-order valence-corrected chi connectivity index (χ3v) is 6.32. The number of anilines is 1. The van der Waals surface area contributed by atoms with Gasteiger partial charge in [-0.15, -0.1) is 10.2 Å². The Bertz CT molecular complexity index is 1230. The number of H-pyrrole nitrogens is 1. The van der Waals surface area contributed by atoms with Crippen LogP contribution < -0.4 is 10.1 Å². The van der Waals surface area contributed by atoms with Crippen LogP contribution in [0.15, 0.2) is 30.9 Å². The van der Waals surface area contributed by atoms with Crippen molar-refractivity contribution in [1.82, 2.24) is 29.5 Å². The normalized spacial score (nSPS) is 25.9. The average Bonchev–Trinajstić information content (AvgIpc) is 3.07. The second-order valence-electron chi connectivity index (χ2n) is 8.12. The molecular formula is C20H21N7O2. The molecule has 9 nitrogen and oxygen atoms in total. The Labute approximate surface area is 166 Å². The summed E-state index contributed by atoms with van der Waals surface area (Å²) in [6, 6.07) is 4.19. The third-order valence-electron chi connectivity index (χ3n) is 6.32. The average molecular weight is 391 g/mol. The molecule has 2 fully saturated rings. The van der Waals surface area contributed by atoms with Crippen LogP contribution in [0.25, 0.3) is 27.8 Å². The Kier molecular flexibility index (Phi) is 3.40. The molecule has 0 aliphatic heterocycles. The number of rotatable bonds is 4. The molecule has 2 aliphatic carbocycles. The highest BCUT2D eigenvalue weighted by Crippen LogP contribution is 2.53. The number of aliphatic hydroxyl groups is 1. The predicted octanol–water partition coefficient (Wildman–Crippen LogP) is 2.39. The van der Waals surface area contributed by atoms with E-state index in [1.807, 2.05) is 28.9 Å². The van der Waals surface area contributed by atoms with E-state index in [2.05, 4.69) is 30.5 Å². The lowest BCUT2D eigenvalue weighted by Crippen LogP contribution is -2.30. The summed E-state index contributed by atoms with van der Waals surface area (Å²) in [4.78, 5) is 12.6. The van der Waals surface area contributed by atoms with Crippen LogP contribution in [0.2, 0.25) is 0 Å².